The molecule has 0 bridgehead atoms. The van der Waals surface area contributed by atoms with Crippen LogP contribution in [0.5, 0.6) is 0 Å². The zero-order valence-electron chi connectivity index (χ0n) is 11.3. The molecular formula is C16H18O3S. The molecule has 0 radical (unpaired) electrons. The molecule has 2 aromatic rings. The Morgan fingerprint density at radius 3 is 2.80 bits per heavy atom. The molecule has 1 heterocycles. The van der Waals surface area contributed by atoms with Gasteiger partial charge in [0.05, 0.1) is 11.3 Å². The summed E-state index contributed by atoms with van der Waals surface area (Å²) in [7, 11) is -1.06. The van der Waals surface area contributed by atoms with Crippen molar-refractivity contribution in [3.05, 3.63) is 36.1 Å². The van der Waals surface area contributed by atoms with Crippen LogP contribution in [-0.4, -0.2) is 21.5 Å². The lowest BCUT2D eigenvalue weighted by molar-refractivity contribution is 0.102. The Labute approximate surface area is 120 Å². The first kappa shape index (κ1) is 13.6. The van der Waals surface area contributed by atoms with Crippen molar-refractivity contribution in [2.45, 2.75) is 25.7 Å². The van der Waals surface area contributed by atoms with Crippen LogP contribution in [0.3, 0.4) is 0 Å². The maximum absolute atomic E-state index is 12.3. The van der Waals surface area contributed by atoms with Crippen molar-refractivity contribution in [2.24, 2.45) is 5.92 Å². The highest BCUT2D eigenvalue weighted by Gasteiger charge is 2.21. The molecule has 1 fully saturated rings. The molecule has 0 N–H and O–H groups in total. The van der Waals surface area contributed by atoms with E-state index >= 15 is 0 Å². The minimum absolute atomic E-state index is 0.0775. The normalized spacial score (nSPS) is 17.6. The molecule has 0 aliphatic heterocycles. The summed E-state index contributed by atoms with van der Waals surface area (Å²) < 4.78 is 17.5. The highest BCUT2D eigenvalue weighted by atomic mass is 32.2. The van der Waals surface area contributed by atoms with E-state index in [0.29, 0.717) is 22.8 Å². The number of para-hydroxylation sites is 1. The van der Waals surface area contributed by atoms with Gasteiger partial charge in [0.25, 0.3) is 0 Å². The highest BCUT2D eigenvalue weighted by Crippen LogP contribution is 2.26. The SMILES string of the molecule is O=C(CS(=O)CC1CCCC1)c1coc2ccccc12. The molecule has 1 atom stereocenters. The van der Waals surface area contributed by atoms with Crippen LogP contribution < -0.4 is 0 Å². The summed E-state index contributed by atoms with van der Waals surface area (Å²) in [5.74, 6) is 1.25. The van der Waals surface area contributed by atoms with Crippen LogP contribution in [0.1, 0.15) is 36.0 Å². The van der Waals surface area contributed by atoms with Gasteiger partial charge in [-0.1, -0.05) is 31.0 Å². The maximum Gasteiger partial charge on any atom is 0.179 e. The molecule has 106 valence electrons. The standard InChI is InChI=1S/C16H18O3S/c17-15(11-20(18)10-12-5-1-2-6-12)14-9-19-16-8-4-3-7-13(14)16/h3-4,7-9,12H,1-2,5-6,10-11H2. The molecule has 0 spiro atoms. The summed E-state index contributed by atoms with van der Waals surface area (Å²) in [6.07, 6.45) is 6.28. The van der Waals surface area contributed by atoms with Crippen molar-refractivity contribution in [3.63, 3.8) is 0 Å². The minimum atomic E-state index is -1.06. The largest absolute Gasteiger partial charge is 0.464 e. The number of rotatable bonds is 5. The van der Waals surface area contributed by atoms with Crippen LogP contribution in [-0.2, 0) is 10.8 Å². The van der Waals surface area contributed by atoms with Gasteiger partial charge in [0.2, 0.25) is 0 Å². The molecule has 1 aliphatic carbocycles. The van der Waals surface area contributed by atoms with Crippen LogP contribution in [0.25, 0.3) is 11.0 Å². The number of Topliss-reactive ketones (excluding diaryl/α,β-unsaturated/α-hetero) is 1. The van der Waals surface area contributed by atoms with Crippen LogP contribution in [0, 0.1) is 5.92 Å². The molecule has 0 amide bonds. The van der Waals surface area contributed by atoms with E-state index < -0.39 is 10.8 Å². The van der Waals surface area contributed by atoms with Crippen LogP contribution in [0.2, 0.25) is 0 Å². The molecule has 1 aromatic carbocycles. The first-order chi connectivity index (χ1) is 9.74. The average molecular weight is 290 g/mol. The lowest BCUT2D eigenvalue weighted by atomic mass is 10.1. The molecule has 1 saturated carbocycles. The topological polar surface area (TPSA) is 47.3 Å². The van der Waals surface area contributed by atoms with E-state index in [0.717, 1.165) is 18.2 Å². The van der Waals surface area contributed by atoms with E-state index in [1.165, 1.54) is 19.1 Å². The number of carbonyl (C=O) groups is 1. The summed E-state index contributed by atoms with van der Waals surface area (Å²) in [5, 5.41) is 0.815. The van der Waals surface area contributed by atoms with Crippen molar-refractivity contribution in [1.29, 1.82) is 0 Å². The van der Waals surface area contributed by atoms with Gasteiger partial charge < -0.3 is 4.42 Å². The Balaban J connectivity index is 1.68. The Kier molecular flexibility index (Phi) is 4.01. The zero-order chi connectivity index (χ0) is 13.9. The summed E-state index contributed by atoms with van der Waals surface area (Å²) >= 11 is 0. The number of hydrogen-bond donors (Lipinski definition) is 0. The van der Waals surface area contributed by atoms with Crippen molar-refractivity contribution in [2.75, 3.05) is 11.5 Å². The second-order valence-electron chi connectivity index (χ2n) is 5.47. The number of benzene rings is 1. The predicted octanol–water partition coefficient (Wildman–Crippen LogP) is 3.55. The van der Waals surface area contributed by atoms with Gasteiger partial charge in [-0.15, -0.1) is 0 Å². The monoisotopic (exact) mass is 290 g/mol. The Morgan fingerprint density at radius 1 is 1.25 bits per heavy atom. The second-order valence-corrected chi connectivity index (χ2v) is 6.97. The molecule has 1 unspecified atom stereocenters. The van der Waals surface area contributed by atoms with E-state index in [2.05, 4.69) is 0 Å². The summed E-state index contributed by atoms with van der Waals surface area (Å²) in [6.45, 7) is 0. The summed E-state index contributed by atoms with van der Waals surface area (Å²) in [6, 6.07) is 7.45. The van der Waals surface area contributed by atoms with Gasteiger partial charge in [-0.3, -0.25) is 9.00 Å². The Hall–Kier alpha value is -1.42. The molecule has 20 heavy (non-hydrogen) atoms. The summed E-state index contributed by atoms with van der Waals surface area (Å²) in [4.78, 5) is 12.3. The first-order valence-corrected chi connectivity index (χ1v) is 8.57. The average Bonchev–Trinajstić information content (AvgIpc) is 3.07. The first-order valence-electron chi connectivity index (χ1n) is 7.08. The van der Waals surface area contributed by atoms with Crippen LogP contribution >= 0.6 is 0 Å². The van der Waals surface area contributed by atoms with Gasteiger partial charge in [0.1, 0.15) is 11.8 Å². The van der Waals surface area contributed by atoms with Gasteiger partial charge >= 0.3 is 0 Å². The van der Waals surface area contributed by atoms with E-state index in [-0.39, 0.29) is 11.5 Å². The van der Waals surface area contributed by atoms with E-state index in [4.69, 9.17) is 4.42 Å². The number of hydrogen-bond acceptors (Lipinski definition) is 3. The Morgan fingerprint density at radius 2 is 2.00 bits per heavy atom. The zero-order valence-corrected chi connectivity index (χ0v) is 12.2. The van der Waals surface area contributed by atoms with E-state index in [1.54, 1.807) is 0 Å². The molecule has 3 rings (SSSR count). The smallest absolute Gasteiger partial charge is 0.179 e. The molecule has 0 saturated heterocycles. The van der Waals surface area contributed by atoms with Gasteiger partial charge in [-0.2, -0.15) is 0 Å². The van der Waals surface area contributed by atoms with Crippen molar-refractivity contribution < 1.29 is 13.4 Å². The predicted molar refractivity (Wildman–Crippen MR) is 80.4 cm³/mol. The number of ketones is 1. The lowest BCUT2D eigenvalue weighted by Crippen LogP contribution is -2.16. The molecule has 1 aromatic heterocycles. The molecule has 3 nitrogen and oxygen atoms in total. The van der Waals surface area contributed by atoms with Crippen LogP contribution in [0.15, 0.2) is 34.9 Å². The fourth-order valence-corrected chi connectivity index (χ4v) is 4.34. The van der Waals surface area contributed by atoms with Crippen molar-refractivity contribution >= 4 is 27.6 Å². The van der Waals surface area contributed by atoms with Gasteiger partial charge in [0, 0.05) is 21.9 Å². The van der Waals surface area contributed by atoms with Crippen LogP contribution in [0.4, 0.5) is 0 Å². The third kappa shape index (κ3) is 2.85. The fraction of sp³-hybridized carbons (Fsp3) is 0.438. The quantitative estimate of drug-likeness (QED) is 0.791. The van der Waals surface area contributed by atoms with Gasteiger partial charge in [-0.05, 0) is 24.8 Å². The molecule has 4 heteroatoms. The number of carbonyl (C=O) groups excluding carboxylic acids is 1. The highest BCUT2D eigenvalue weighted by molar-refractivity contribution is 7.85. The maximum atomic E-state index is 12.3. The second kappa shape index (κ2) is 5.92. The lowest BCUT2D eigenvalue weighted by Gasteiger charge is -2.07. The third-order valence-electron chi connectivity index (χ3n) is 3.97. The van der Waals surface area contributed by atoms with Crippen molar-refractivity contribution in [1.82, 2.24) is 0 Å². The van der Waals surface area contributed by atoms with Crippen molar-refractivity contribution in [3.8, 4) is 0 Å². The van der Waals surface area contributed by atoms with E-state index in [9.17, 15) is 9.00 Å². The minimum Gasteiger partial charge on any atom is -0.464 e. The Bertz CT molecular complexity index is 638. The molecule has 1 aliphatic rings. The number of furan rings is 1. The van der Waals surface area contributed by atoms with Gasteiger partial charge in [-0.25, -0.2) is 0 Å². The third-order valence-corrected chi connectivity index (χ3v) is 5.40. The van der Waals surface area contributed by atoms with Gasteiger partial charge in [0.15, 0.2) is 5.78 Å². The summed E-state index contributed by atoms with van der Waals surface area (Å²) in [5.41, 5.74) is 1.26. The fourth-order valence-electron chi connectivity index (χ4n) is 2.92. The molecular weight excluding hydrogens is 272 g/mol. The number of fused-ring (bicyclic) bond motifs is 1. The van der Waals surface area contributed by atoms with E-state index in [1.807, 2.05) is 24.3 Å².